The van der Waals surface area contributed by atoms with E-state index in [1.54, 1.807) is 25.7 Å². The van der Waals surface area contributed by atoms with E-state index in [-0.39, 0.29) is 31.4 Å². The number of benzene rings is 1. The van der Waals surface area contributed by atoms with Crippen molar-refractivity contribution in [3.8, 4) is 0 Å². The van der Waals surface area contributed by atoms with E-state index in [1.807, 2.05) is 12.1 Å². The van der Waals surface area contributed by atoms with Crippen molar-refractivity contribution in [2.45, 2.75) is 146 Å². The highest BCUT2D eigenvalue weighted by molar-refractivity contribution is 7.91. The highest BCUT2D eigenvalue weighted by Gasteiger charge is 2.62. The molecule has 3 heterocycles. The average molecular weight is 796 g/mol. The van der Waals surface area contributed by atoms with Gasteiger partial charge in [0.1, 0.15) is 23.7 Å². The zero-order chi connectivity index (χ0) is 40.0. The molecule has 15 heteroatoms. The van der Waals surface area contributed by atoms with Crippen LogP contribution >= 0.6 is 0 Å². The predicted molar refractivity (Wildman–Crippen MR) is 206 cm³/mol. The zero-order valence-electron chi connectivity index (χ0n) is 32.9. The van der Waals surface area contributed by atoms with Gasteiger partial charge in [-0.1, -0.05) is 70.7 Å². The van der Waals surface area contributed by atoms with E-state index in [2.05, 4.69) is 28.0 Å². The van der Waals surface area contributed by atoms with Gasteiger partial charge < -0.3 is 25.0 Å². The first-order chi connectivity index (χ1) is 26.5. The van der Waals surface area contributed by atoms with E-state index in [0.717, 1.165) is 68.9 Å². The van der Waals surface area contributed by atoms with Gasteiger partial charge in [0.05, 0.1) is 18.4 Å². The molecule has 56 heavy (non-hydrogen) atoms. The van der Waals surface area contributed by atoms with Gasteiger partial charge in [0.2, 0.25) is 21.8 Å². The largest absolute Gasteiger partial charge is 0.449 e. The zero-order valence-corrected chi connectivity index (χ0v) is 33.7. The number of fused-ring (bicyclic) bond motifs is 3. The predicted octanol–water partition coefficient (Wildman–Crippen LogP) is 4.60. The molecule has 4 bridgehead atoms. The van der Waals surface area contributed by atoms with E-state index >= 15 is 0 Å². The van der Waals surface area contributed by atoms with E-state index < -0.39 is 80.2 Å². The summed E-state index contributed by atoms with van der Waals surface area (Å²) in [6, 6.07) is 3.83. The van der Waals surface area contributed by atoms with Crippen molar-refractivity contribution >= 4 is 39.9 Å². The number of sulfonamides is 1. The highest BCUT2D eigenvalue weighted by atomic mass is 32.2. The standard InChI is InChI=1S/C41H57N5O9S/c1-5-28-21-41(28,36(49)44-56(52,53)30-15-16-30)43-34(47)32-20-29-23-46(32)35(48)33(39(2,3)4)42-37(50)54-25-40(17-8-6-9-18-40)19-10-7-12-26-13-11-14-27-22-45(24-31(26)27)38(51)55-29/h5,11,13-14,28-30,32-33H,1,6-10,12,15-25H2,2-4H3,(H,42,50)(H,43,47)(H,44,49)/t28-,29-,32+,33-,41-/m1/s1. The first kappa shape index (κ1) is 40.1. The van der Waals surface area contributed by atoms with E-state index in [9.17, 15) is 32.4 Å². The summed E-state index contributed by atoms with van der Waals surface area (Å²) in [5.41, 5.74) is 0.834. The molecule has 14 nitrogen and oxygen atoms in total. The van der Waals surface area contributed by atoms with Crippen LogP contribution in [0.4, 0.5) is 9.59 Å². The summed E-state index contributed by atoms with van der Waals surface area (Å²) in [6.45, 7) is 10.1. The summed E-state index contributed by atoms with van der Waals surface area (Å²) in [5.74, 6) is -2.67. The Kier molecular flexibility index (Phi) is 11.0. The van der Waals surface area contributed by atoms with Crippen LogP contribution < -0.4 is 15.4 Å². The minimum Gasteiger partial charge on any atom is -0.449 e. The summed E-state index contributed by atoms with van der Waals surface area (Å²) in [6.07, 6.45) is 9.21. The molecule has 0 radical (unpaired) electrons. The Hall–Kier alpha value is -4.14. The molecule has 3 N–H and O–H groups in total. The maximum Gasteiger partial charge on any atom is 0.410 e. The Morgan fingerprint density at radius 2 is 1.70 bits per heavy atom. The van der Waals surface area contributed by atoms with E-state index in [1.165, 1.54) is 16.5 Å². The first-order valence-corrected chi connectivity index (χ1v) is 21.9. The molecule has 1 spiro atoms. The molecule has 7 rings (SSSR count). The quantitative estimate of drug-likeness (QED) is 0.347. The van der Waals surface area contributed by atoms with Gasteiger partial charge in [-0.3, -0.25) is 24.0 Å². The molecule has 4 fully saturated rings. The Labute approximate surface area is 329 Å². The number of cyclic esters (lactones) is 1. The maximum absolute atomic E-state index is 14.7. The van der Waals surface area contributed by atoms with Crippen LogP contribution in [-0.4, -0.2) is 90.3 Å². The molecule has 5 amide bonds. The van der Waals surface area contributed by atoms with Gasteiger partial charge in [0.25, 0.3) is 5.91 Å². The van der Waals surface area contributed by atoms with E-state index in [0.29, 0.717) is 25.9 Å². The number of amides is 5. The van der Waals surface area contributed by atoms with Crippen LogP contribution in [0.15, 0.2) is 30.9 Å². The fraction of sp³-hybridized carbons (Fsp3) is 0.683. The van der Waals surface area contributed by atoms with Crippen molar-refractivity contribution < 1.29 is 41.9 Å². The van der Waals surface area contributed by atoms with Gasteiger partial charge in [-0.05, 0) is 73.5 Å². The number of nitrogens with zero attached hydrogens (tertiary/aromatic N) is 2. The third-order valence-corrected chi connectivity index (χ3v) is 14.7. The molecule has 1 aromatic carbocycles. The van der Waals surface area contributed by atoms with Crippen molar-refractivity contribution in [1.29, 1.82) is 0 Å². The number of carbonyl (C=O) groups is 5. The number of carbonyl (C=O) groups excluding carboxylic acids is 5. The van der Waals surface area contributed by atoms with Crippen molar-refractivity contribution in [2.24, 2.45) is 16.7 Å². The second-order valence-corrected chi connectivity index (χ2v) is 20.1. The number of ether oxygens (including phenoxy) is 2. The van der Waals surface area contributed by atoms with E-state index in [4.69, 9.17) is 9.47 Å². The van der Waals surface area contributed by atoms with Crippen LogP contribution in [0.25, 0.3) is 0 Å². The normalized spacial score (nSPS) is 29.8. The molecule has 0 unspecified atom stereocenters. The summed E-state index contributed by atoms with van der Waals surface area (Å²) in [5, 5.41) is 4.95. The molecule has 0 aromatic heterocycles. The van der Waals surface area contributed by atoms with Crippen LogP contribution in [0.2, 0.25) is 0 Å². The van der Waals surface area contributed by atoms with Crippen molar-refractivity contribution in [1.82, 2.24) is 25.2 Å². The van der Waals surface area contributed by atoms with Crippen LogP contribution in [0, 0.1) is 16.7 Å². The van der Waals surface area contributed by atoms with Crippen LogP contribution in [0.3, 0.4) is 0 Å². The molecule has 306 valence electrons. The Morgan fingerprint density at radius 3 is 2.36 bits per heavy atom. The minimum absolute atomic E-state index is 0.0734. The molecule has 6 aliphatic rings. The molecule has 3 saturated carbocycles. The van der Waals surface area contributed by atoms with Gasteiger partial charge in [-0.2, -0.15) is 0 Å². The summed E-state index contributed by atoms with van der Waals surface area (Å²) in [4.78, 5) is 72.8. The molecular formula is C41H57N5O9S. The minimum atomic E-state index is -3.91. The lowest BCUT2D eigenvalue weighted by Crippen LogP contribution is -2.60. The van der Waals surface area contributed by atoms with Gasteiger partial charge in [0.15, 0.2) is 0 Å². The lowest BCUT2D eigenvalue weighted by atomic mass is 9.71. The topological polar surface area (TPSA) is 181 Å². The van der Waals surface area contributed by atoms with Crippen LogP contribution in [-0.2, 0) is 53.4 Å². The van der Waals surface area contributed by atoms with Crippen molar-refractivity contribution in [3.05, 3.63) is 47.5 Å². The van der Waals surface area contributed by atoms with Gasteiger partial charge >= 0.3 is 12.2 Å². The number of nitrogens with one attached hydrogen (secondary N) is 3. The summed E-state index contributed by atoms with van der Waals surface area (Å²) in [7, 11) is -3.91. The number of hydrogen-bond acceptors (Lipinski definition) is 9. The SMILES string of the molecule is C=C[C@@H]1C[C@]1(NC(=O)[C@@H]1C[C@@H]2CN1C(=O)[C@H](C(C)(C)C)NC(=O)OCC1(CCCCC1)CCCCc1cccc3c1CN(C3)C(=O)O2)C(=O)NS(=O)(=O)C1CC1. The number of rotatable bonds is 6. The summed E-state index contributed by atoms with van der Waals surface area (Å²) >= 11 is 0. The molecule has 3 aliphatic heterocycles. The van der Waals surface area contributed by atoms with Gasteiger partial charge in [-0.25, -0.2) is 18.0 Å². The molecular weight excluding hydrogens is 739 g/mol. The Bertz CT molecular complexity index is 1870. The van der Waals surface area contributed by atoms with Crippen LogP contribution in [0.1, 0.15) is 115 Å². The second kappa shape index (κ2) is 15.3. The number of hydrogen-bond donors (Lipinski definition) is 3. The fourth-order valence-electron chi connectivity index (χ4n) is 9.24. The fourth-order valence-corrected chi connectivity index (χ4v) is 10.6. The molecule has 3 aliphatic carbocycles. The van der Waals surface area contributed by atoms with Gasteiger partial charge in [-0.15, -0.1) is 6.58 Å². The number of aryl methyl sites for hydroxylation is 1. The third kappa shape index (κ3) is 8.29. The molecule has 5 atom stereocenters. The highest BCUT2D eigenvalue weighted by Crippen LogP contribution is 2.46. The molecule has 1 aromatic rings. The number of alkyl carbamates (subject to hydrolysis) is 1. The first-order valence-electron chi connectivity index (χ1n) is 20.3. The smallest absolute Gasteiger partial charge is 0.410 e. The third-order valence-electron chi connectivity index (χ3n) is 12.9. The average Bonchev–Trinajstić information content (AvgIpc) is 4.05. The lowest BCUT2D eigenvalue weighted by Gasteiger charge is -2.38. The monoisotopic (exact) mass is 795 g/mol. The lowest BCUT2D eigenvalue weighted by molar-refractivity contribution is -0.143. The maximum atomic E-state index is 14.7. The summed E-state index contributed by atoms with van der Waals surface area (Å²) < 4.78 is 39.6. The van der Waals surface area contributed by atoms with Gasteiger partial charge in [0, 0.05) is 30.8 Å². The Balaban J connectivity index is 1.17. The molecule has 1 saturated heterocycles. The second-order valence-electron chi connectivity index (χ2n) is 18.1. The van der Waals surface area contributed by atoms with Crippen molar-refractivity contribution in [3.63, 3.8) is 0 Å². The van der Waals surface area contributed by atoms with Crippen LogP contribution in [0.5, 0.6) is 0 Å². The Morgan fingerprint density at radius 1 is 1.00 bits per heavy atom. The van der Waals surface area contributed by atoms with Crippen molar-refractivity contribution in [2.75, 3.05) is 13.2 Å².